The molecule has 0 atom stereocenters. The standard InChI is InChI=1S/C10H17BrO3/c1-3-10(11,4-2)6-5-8(12)7-9(13)14/h3-7H2,1-2H3,(H,13,14). The van der Waals surface area contributed by atoms with Crippen molar-refractivity contribution in [2.45, 2.75) is 50.3 Å². The Balaban J connectivity index is 3.92. The van der Waals surface area contributed by atoms with Crippen LogP contribution < -0.4 is 0 Å². The van der Waals surface area contributed by atoms with Crippen molar-refractivity contribution in [2.75, 3.05) is 0 Å². The predicted octanol–water partition coefficient (Wildman–Crippen LogP) is 2.76. The number of hydrogen-bond donors (Lipinski definition) is 1. The summed E-state index contributed by atoms with van der Waals surface area (Å²) in [7, 11) is 0. The first kappa shape index (κ1) is 13.6. The molecular formula is C10H17BrO3. The van der Waals surface area contributed by atoms with E-state index in [4.69, 9.17) is 5.11 Å². The highest BCUT2D eigenvalue weighted by Crippen LogP contribution is 2.31. The number of carbonyl (C=O) groups is 2. The van der Waals surface area contributed by atoms with Crippen LogP contribution in [-0.2, 0) is 9.59 Å². The second-order valence-electron chi connectivity index (χ2n) is 3.47. The SMILES string of the molecule is CCC(Br)(CC)CCC(=O)CC(=O)O. The van der Waals surface area contributed by atoms with E-state index in [2.05, 4.69) is 29.8 Å². The number of Topliss-reactive ketones (excluding diaryl/α,β-unsaturated/α-hetero) is 1. The van der Waals surface area contributed by atoms with E-state index in [-0.39, 0.29) is 16.5 Å². The molecule has 0 saturated carbocycles. The van der Waals surface area contributed by atoms with Crippen molar-refractivity contribution in [3.8, 4) is 0 Å². The molecule has 0 aliphatic rings. The second kappa shape index (κ2) is 6.17. The van der Waals surface area contributed by atoms with Crippen molar-refractivity contribution in [2.24, 2.45) is 0 Å². The van der Waals surface area contributed by atoms with Gasteiger partial charge in [-0.1, -0.05) is 29.8 Å². The number of carboxylic acids is 1. The molecule has 0 saturated heterocycles. The van der Waals surface area contributed by atoms with E-state index in [0.717, 1.165) is 12.8 Å². The van der Waals surface area contributed by atoms with Crippen molar-refractivity contribution >= 4 is 27.7 Å². The molecule has 0 amide bonds. The molecule has 4 heteroatoms. The third-order valence-electron chi connectivity index (χ3n) is 2.47. The fourth-order valence-electron chi connectivity index (χ4n) is 1.22. The summed E-state index contributed by atoms with van der Waals surface area (Å²) >= 11 is 3.58. The van der Waals surface area contributed by atoms with Crippen LogP contribution in [-0.4, -0.2) is 21.2 Å². The van der Waals surface area contributed by atoms with E-state index in [9.17, 15) is 9.59 Å². The molecule has 0 fully saturated rings. The minimum Gasteiger partial charge on any atom is -0.481 e. The number of aliphatic carboxylic acids is 1. The summed E-state index contributed by atoms with van der Waals surface area (Å²) in [4.78, 5) is 21.4. The Kier molecular flexibility index (Phi) is 6.00. The maximum atomic E-state index is 11.1. The molecule has 0 rings (SSSR count). The van der Waals surface area contributed by atoms with Crippen molar-refractivity contribution in [1.82, 2.24) is 0 Å². The summed E-state index contributed by atoms with van der Waals surface area (Å²) in [6.07, 6.45) is 2.61. The highest BCUT2D eigenvalue weighted by Gasteiger charge is 2.23. The van der Waals surface area contributed by atoms with Crippen LogP contribution in [0.3, 0.4) is 0 Å². The van der Waals surface area contributed by atoms with E-state index in [1.54, 1.807) is 0 Å². The molecular weight excluding hydrogens is 248 g/mol. The number of carboxylic acid groups (broad SMARTS) is 1. The Hall–Kier alpha value is -0.380. The molecule has 3 nitrogen and oxygen atoms in total. The summed E-state index contributed by atoms with van der Waals surface area (Å²) in [5, 5.41) is 8.40. The van der Waals surface area contributed by atoms with E-state index in [1.165, 1.54) is 0 Å². The smallest absolute Gasteiger partial charge is 0.310 e. The molecule has 0 heterocycles. The molecule has 82 valence electrons. The van der Waals surface area contributed by atoms with Crippen LogP contribution >= 0.6 is 15.9 Å². The highest BCUT2D eigenvalue weighted by atomic mass is 79.9. The normalized spacial score (nSPS) is 11.4. The summed E-state index contributed by atoms with van der Waals surface area (Å²) in [6, 6.07) is 0. The van der Waals surface area contributed by atoms with Gasteiger partial charge in [0.1, 0.15) is 12.2 Å². The Morgan fingerprint density at radius 3 is 2.14 bits per heavy atom. The van der Waals surface area contributed by atoms with Gasteiger partial charge in [0, 0.05) is 10.7 Å². The van der Waals surface area contributed by atoms with Crippen LogP contribution in [0.25, 0.3) is 0 Å². The van der Waals surface area contributed by atoms with Gasteiger partial charge < -0.3 is 5.11 Å². The third kappa shape index (κ3) is 5.37. The number of halogens is 1. The largest absolute Gasteiger partial charge is 0.481 e. The number of hydrogen-bond acceptors (Lipinski definition) is 2. The first-order chi connectivity index (χ1) is 6.43. The molecule has 0 aromatic heterocycles. The van der Waals surface area contributed by atoms with Crippen molar-refractivity contribution in [3.63, 3.8) is 0 Å². The van der Waals surface area contributed by atoms with Gasteiger partial charge >= 0.3 is 5.97 Å². The van der Waals surface area contributed by atoms with Gasteiger partial charge in [-0.3, -0.25) is 9.59 Å². The molecule has 0 aliphatic heterocycles. The fraction of sp³-hybridized carbons (Fsp3) is 0.800. The summed E-state index contributed by atoms with van der Waals surface area (Å²) < 4.78 is 0.00115. The Morgan fingerprint density at radius 1 is 1.29 bits per heavy atom. The lowest BCUT2D eigenvalue weighted by atomic mass is 9.95. The maximum absolute atomic E-state index is 11.1. The van der Waals surface area contributed by atoms with Gasteiger partial charge in [-0.2, -0.15) is 0 Å². The molecule has 0 spiro atoms. The van der Waals surface area contributed by atoms with E-state index >= 15 is 0 Å². The number of rotatable bonds is 7. The Labute approximate surface area is 93.0 Å². The van der Waals surface area contributed by atoms with Gasteiger partial charge in [0.2, 0.25) is 0 Å². The highest BCUT2D eigenvalue weighted by molar-refractivity contribution is 9.10. The van der Waals surface area contributed by atoms with Gasteiger partial charge in [-0.05, 0) is 19.3 Å². The fourth-order valence-corrected chi connectivity index (χ4v) is 1.42. The van der Waals surface area contributed by atoms with Gasteiger partial charge in [-0.15, -0.1) is 0 Å². The van der Waals surface area contributed by atoms with Crippen molar-refractivity contribution < 1.29 is 14.7 Å². The first-order valence-electron chi connectivity index (χ1n) is 4.86. The first-order valence-corrected chi connectivity index (χ1v) is 5.65. The lowest BCUT2D eigenvalue weighted by Gasteiger charge is -2.23. The van der Waals surface area contributed by atoms with Gasteiger partial charge in [-0.25, -0.2) is 0 Å². The topological polar surface area (TPSA) is 54.4 Å². The molecule has 0 aromatic rings. The van der Waals surface area contributed by atoms with Gasteiger partial charge in [0.25, 0.3) is 0 Å². The minimum absolute atomic E-state index is 0.00115. The van der Waals surface area contributed by atoms with E-state index < -0.39 is 5.97 Å². The maximum Gasteiger partial charge on any atom is 0.310 e. The zero-order chi connectivity index (χ0) is 11.2. The number of ketones is 1. The Morgan fingerprint density at radius 2 is 1.79 bits per heavy atom. The summed E-state index contributed by atoms with van der Waals surface area (Å²) in [5.74, 6) is -1.23. The molecule has 0 unspecified atom stereocenters. The number of carbonyl (C=O) groups excluding carboxylic acids is 1. The van der Waals surface area contributed by atoms with Crippen LogP contribution in [0, 0.1) is 0 Å². The molecule has 1 N–H and O–H groups in total. The summed E-state index contributed by atoms with van der Waals surface area (Å²) in [5.41, 5.74) is 0. The van der Waals surface area contributed by atoms with Crippen LogP contribution in [0.4, 0.5) is 0 Å². The van der Waals surface area contributed by atoms with E-state index in [1.807, 2.05) is 0 Å². The average Bonchev–Trinajstić information content (AvgIpc) is 2.13. The molecule has 14 heavy (non-hydrogen) atoms. The van der Waals surface area contributed by atoms with E-state index in [0.29, 0.717) is 12.8 Å². The van der Waals surface area contributed by atoms with Crippen molar-refractivity contribution in [1.29, 1.82) is 0 Å². The van der Waals surface area contributed by atoms with Gasteiger partial charge in [0.15, 0.2) is 0 Å². The van der Waals surface area contributed by atoms with Crippen LogP contribution in [0.5, 0.6) is 0 Å². The zero-order valence-corrected chi connectivity index (χ0v) is 10.3. The quantitative estimate of drug-likeness (QED) is 0.568. The predicted molar refractivity (Wildman–Crippen MR) is 58.7 cm³/mol. The molecule has 0 radical (unpaired) electrons. The van der Waals surface area contributed by atoms with Crippen LogP contribution in [0.15, 0.2) is 0 Å². The van der Waals surface area contributed by atoms with Gasteiger partial charge in [0.05, 0.1) is 0 Å². The average molecular weight is 265 g/mol. The summed E-state index contributed by atoms with van der Waals surface area (Å²) in [6.45, 7) is 4.11. The zero-order valence-electron chi connectivity index (χ0n) is 8.68. The third-order valence-corrected chi connectivity index (χ3v) is 3.99. The van der Waals surface area contributed by atoms with Crippen molar-refractivity contribution in [3.05, 3.63) is 0 Å². The van der Waals surface area contributed by atoms with Crippen LogP contribution in [0.1, 0.15) is 46.0 Å². The molecule has 0 aromatic carbocycles. The lowest BCUT2D eigenvalue weighted by Crippen LogP contribution is -2.20. The second-order valence-corrected chi connectivity index (χ2v) is 5.15. The monoisotopic (exact) mass is 264 g/mol. The van der Waals surface area contributed by atoms with Crippen LogP contribution in [0.2, 0.25) is 0 Å². The number of alkyl halides is 1. The lowest BCUT2D eigenvalue weighted by molar-refractivity contribution is -0.140. The molecule has 0 aliphatic carbocycles. The Bertz CT molecular complexity index is 209. The molecule has 0 bridgehead atoms. The minimum atomic E-state index is -1.04.